The third-order valence-electron chi connectivity index (χ3n) is 5.00. The molecule has 1 atom stereocenters. The molecule has 162 valence electrons. The molecule has 6 heteroatoms. The predicted octanol–water partition coefficient (Wildman–Crippen LogP) is 4.97. The highest BCUT2D eigenvalue weighted by Crippen LogP contribution is 2.40. The van der Waals surface area contributed by atoms with Gasteiger partial charge in [-0.25, -0.2) is 13.5 Å². The van der Waals surface area contributed by atoms with Crippen LogP contribution in [-0.2, 0) is 14.4 Å². The van der Waals surface area contributed by atoms with Crippen LogP contribution >= 0.6 is 7.29 Å². The fourth-order valence-electron chi connectivity index (χ4n) is 3.23. The van der Waals surface area contributed by atoms with Gasteiger partial charge in [0.05, 0.1) is 4.90 Å². The molecular weight excluding hydrogens is 425 g/mol. The van der Waals surface area contributed by atoms with Crippen LogP contribution in [0.1, 0.15) is 25.3 Å². The number of rotatable bonds is 9. The maximum absolute atomic E-state index is 14.4. The van der Waals surface area contributed by atoms with E-state index in [0.717, 1.165) is 18.4 Å². The molecule has 3 rings (SSSR count). The van der Waals surface area contributed by atoms with Gasteiger partial charge in [0.2, 0.25) is 7.29 Å². The van der Waals surface area contributed by atoms with Crippen molar-refractivity contribution in [3.05, 3.63) is 103 Å². The molecule has 0 aliphatic rings. The van der Waals surface area contributed by atoms with Gasteiger partial charge in [0.15, 0.2) is 9.84 Å². The Bertz CT molecular complexity index is 1110. The molecule has 0 saturated heterocycles. The van der Waals surface area contributed by atoms with Crippen molar-refractivity contribution in [2.24, 2.45) is 0 Å². The molecule has 0 spiro atoms. The molecule has 0 aromatic heterocycles. The average molecular weight is 454 g/mol. The first-order valence-corrected chi connectivity index (χ1v) is 13.6. The van der Waals surface area contributed by atoms with Gasteiger partial charge in [0, 0.05) is 10.6 Å². The topological polar surface area (TPSA) is 63.2 Å². The minimum atomic E-state index is -3.82. The van der Waals surface area contributed by atoms with Crippen molar-refractivity contribution in [1.82, 2.24) is 5.09 Å². The van der Waals surface area contributed by atoms with Crippen molar-refractivity contribution in [2.75, 3.05) is 0 Å². The molecule has 0 heterocycles. The summed E-state index contributed by atoms with van der Waals surface area (Å²) >= 11 is 0. The molecule has 0 saturated carbocycles. The average Bonchev–Trinajstić information content (AvgIpc) is 2.80. The Morgan fingerprint density at radius 1 is 0.871 bits per heavy atom. The van der Waals surface area contributed by atoms with Crippen molar-refractivity contribution in [1.29, 1.82) is 0 Å². The number of unbranched alkanes of at least 4 members (excludes halogenated alkanes) is 1. The molecular formula is C25H28NO3PS. The Hall–Kier alpha value is -2.46. The monoisotopic (exact) mass is 453 g/mol. The third-order valence-corrected chi connectivity index (χ3v) is 9.74. The summed E-state index contributed by atoms with van der Waals surface area (Å²) in [5, 5.41) is 3.05. The molecule has 4 nitrogen and oxygen atoms in total. The van der Waals surface area contributed by atoms with Crippen molar-refractivity contribution >= 4 is 27.7 Å². The van der Waals surface area contributed by atoms with E-state index in [-0.39, 0.29) is 4.90 Å². The van der Waals surface area contributed by atoms with E-state index < -0.39 is 22.5 Å². The molecule has 1 unspecified atom stereocenters. The Labute approximate surface area is 185 Å². The van der Waals surface area contributed by atoms with Crippen LogP contribution in [0.2, 0.25) is 0 Å². The summed E-state index contributed by atoms with van der Waals surface area (Å²) in [6, 6.07) is 24.8. The number of hydrogen-bond donors (Lipinski definition) is 1. The number of sulfone groups is 1. The maximum atomic E-state index is 14.4. The highest BCUT2D eigenvalue weighted by molar-refractivity contribution is 7.92. The predicted molar refractivity (Wildman–Crippen MR) is 129 cm³/mol. The fourth-order valence-corrected chi connectivity index (χ4v) is 7.58. The molecule has 3 aromatic carbocycles. The van der Waals surface area contributed by atoms with E-state index in [2.05, 4.69) is 5.09 Å². The normalized spacial score (nSPS) is 13.4. The minimum Gasteiger partial charge on any atom is -0.296 e. The molecule has 0 amide bonds. The second kappa shape index (κ2) is 10.2. The Morgan fingerprint density at radius 2 is 1.39 bits per heavy atom. The van der Waals surface area contributed by atoms with Crippen molar-refractivity contribution < 1.29 is 13.0 Å². The molecule has 0 radical (unpaired) electrons. The highest BCUT2D eigenvalue weighted by atomic mass is 32.2. The van der Waals surface area contributed by atoms with Crippen LogP contribution in [0.15, 0.2) is 102 Å². The lowest BCUT2D eigenvalue weighted by Crippen LogP contribution is -2.39. The van der Waals surface area contributed by atoms with E-state index >= 15 is 0 Å². The van der Waals surface area contributed by atoms with Gasteiger partial charge < -0.3 is 0 Å². The lowest BCUT2D eigenvalue weighted by atomic mass is 10.2. The van der Waals surface area contributed by atoms with E-state index in [9.17, 15) is 13.0 Å². The number of nitrogens with one attached hydrogen (secondary N) is 1. The number of aryl methyl sites for hydroxylation is 1. The molecule has 0 aliphatic heterocycles. The molecule has 1 N–H and O–H groups in total. The van der Waals surface area contributed by atoms with Crippen molar-refractivity contribution in [3.8, 4) is 0 Å². The molecule has 3 aromatic rings. The van der Waals surface area contributed by atoms with Crippen LogP contribution in [0.25, 0.3) is 0 Å². The second-order valence-corrected chi connectivity index (χ2v) is 12.0. The van der Waals surface area contributed by atoms with Gasteiger partial charge in [0.25, 0.3) is 0 Å². The second-order valence-electron chi connectivity index (χ2n) is 7.40. The summed E-state index contributed by atoms with van der Waals surface area (Å²) in [5.41, 5.74) is 0.976. The first-order chi connectivity index (χ1) is 14.9. The summed E-state index contributed by atoms with van der Waals surface area (Å²) in [6.07, 6.45) is 5.09. The summed E-state index contributed by atoms with van der Waals surface area (Å²) in [6.45, 7) is 3.94. The molecule has 0 fully saturated rings. The van der Waals surface area contributed by atoms with Crippen LogP contribution in [0.4, 0.5) is 0 Å². The number of benzene rings is 3. The van der Waals surface area contributed by atoms with Gasteiger partial charge in [-0.3, -0.25) is 4.57 Å². The summed E-state index contributed by atoms with van der Waals surface area (Å²) < 4.78 is 41.5. The van der Waals surface area contributed by atoms with Crippen LogP contribution in [0.5, 0.6) is 0 Å². The van der Waals surface area contributed by atoms with E-state index in [0.29, 0.717) is 10.6 Å². The summed E-state index contributed by atoms with van der Waals surface area (Å²) in [4.78, 5) is 0.199. The van der Waals surface area contributed by atoms with Gasteiger partial charge in [-0.15, -0.1) is 0 Å². The maximum Gasteiger partial charge on any atom is 0.205 e. The Kier molecular flexibility index (Phi) is 7.66. The van der Waals surface area contributed by atoms with Crippen LogP contribution in [0.3, 0.4) is 0 Å². The largest absolute Gasteiger partial charge is 0.296 e. The highest BCUT2D eigenvalue weighted by Gasteiger charge is 2.35. The Balaban J connectivity index is 2.11. The van der Waals surface area contributed by atoms with Gasteiger partial charge >= 0.3 is 0 Å². The number of allylic oxidation sites excluding steroid dienone is 1. The van der Waals surface area contributed by atoms with Crippen LogP contribution in [-0.4, -0.2) is 13.8 Å². The SMILES string of the molecule is CCCC=CC(NP(=O)(c1ccccc1)c1ccccc1)S(=O)(=O)c1ccc(C)cc1. The summed E-state index contributed by atoms with van der Waals surface area (Å²) in [5.74, 6) is 0. The van der Waals surface area contributed by atoms with Crippen LogP contribution in [0, 0.1) is 6.92 Å². The zero-order valence-corrected chi connectivity index (χ0v) is 19.5. The summed E-state index contributed by atoms with van der Waals surface area (Å²) in [7, 11) is -7.25. The smallest absolute Gasteiger partial charge is 0.205 e. The van der Waals surface area contributed by atoms with Gasteiger partial charge in [-0.2, -0.15) is 0 Å². The van der Waals surface area contributed by atoms with Crippen LogP contribution < -0.4 is 15.7 Å². The third kappa shape index (κ3) is 5.43. The lowest BCUT2D eigenvalue weighted by Gasteiger charge is -2.25. The molecule has 31 heavy (non-hydrogen) atoms. The first kappa shape index (κ1) is 23.2. The van der Waals surface area contributed by atoms with Crippen molar-refractivity contribution in [2.45, 2.75) is 37.0 Å². The van der Waals surface area contributed by atoms with E-state index in [1.807, 2.05) is 56.3 Å². The lowest BCUT2D eigenvalue weighted by molar-refractivity contribution is 0.567. The Morgan fingerprint density at radius 3 is 1.87 bits per heavy atom. The zero-order chi connectivity index (χ0) is 22.3. The van der Waals surface area contributed by atoms with Gasteiger partial charge in [-0.1, -0.05) is 79.6 Å². The van der Waals surface area contributed by atoms with E-state index in [1.165, 1.54) is 0 Å². The first-order valence-electron chi connectivity index (χ1n) is 10.3. The standard InChI is InChI=1S/C25H28NO3PS/c1-3-4-7-16-25(31(28,29)24-19-17-21(2)18-20-24)26-30(27,22-12-8-5-9-13-22)23-14-10-6-11-15-23/h5-20,25H,3-4H2,1-2H3,(H,26,27). The van der Waals surface area contributed by atoms with Gasteiger partial charge in [0.1, 0.15) is 5.37 Å². The fraction of sp³-hybridized carbons (Fsp3) is 0.200. The van der Waals surface area contributed by atoms with E-state index in [4.69, 9.17) is 0 Å². The van der Waals surface area contributed by atoms with Crippen molar-refractivity contribution in [3.63, 3.8) is 0 Å². The minimum absolute atomic E-state index is 0.199. The van der Waals surface area contributed by atoms with E-state index in [1.54, 1.807) is 54.6 Å². The zero-order valence-electron chi connectivity index (χ0n) is 17.8. The molecule has 0 aliphatic carbocycles. The number of hydrogen-bond acceptors (Lipinski definition) is 3. The quantitative estimate of drug-likeness (QED) is 0.367. The molecule has 0 bridgehead atoms. The van der Waals surface area contributed by atoms with Gasteiger partial charge in [-0.05, 0) is 49.7 Å².